The molecule has 2 aliphatic rings. The highest BCUT2D eigenvalue weighted by atomic mass is 35.5. The van der Waals surface area contributed by atoms with Gasteiger partial charge in [0.05, 0.1) is 11.6 Å². The lowest BCUT2D eigenvalue weighted by Gasteiger charge is -2.35. The summed E-state index contributed by atoms with van der Waals surface area (Å²) in [5.74, 6) is 3.24. The number of fused-ring (bicyclic) bond motifs is 1. The molecule has 3 aromatic heterocycles. The highest BCUT2D eigenvalue weighted by Gasteiger charge is 2.26. The molecule has 10 nitrogen and oxygen atoms in total. The highest BCUT2D eigenvalue weighted by molar-refractivity contribution is 6.37. The van der Waals surface area contributed by atoms with Crippen molar-refractivity contribution in [2.24, 2.45) is 0 Å². The van der Waals surface area contributed by atoms with Gasteiger partial charge in [0.25, 0.3) is 0 Å². The first kappa shape index (κ1) is 24.0. The van der Waals surface area contributed by atoms with Gasteiger partial charge in [-0.15, -0.1) is 0 Å². The van der Waals surface area contributed by atoms with E-state index in [0.29, 0.717) is 22.5 Å². The summed E-state index contributed by atoms with van der Waals surface area (Å²) < 4.78 is 11.4. The second kappa shape index (κ2) is 10.2. The highest BCUT2D eigenvalue weighted by Crippen LogP contribution is 2.40. The van der Waals surface area contributed by atoms with Gasteiger partial charge in [0, 0.05) is 80.2 Å². The third kappa shape index (κ3) is 5.36. The molecular weight excluding hydrogens is 492 g/mol. The predicted molar refractivity (Wildman–Crippen MR) is 145 cm³/mol. The molecule has 4 aromatic rings. The van der Waals surface area contributed by atoms with Crippen LogP contribution in [-0.4, -0.2) is 76.5 Å². The van der Waals surface area contributed by atoms with E-state index in [4.69, 9.17) is 26.1 Å². The molecule has 4 heterocycles. The molecule has 0 atom stereocenters. The lowest BCUT2D eigenvalue weighted by atomic mass is 10.2. The number of H-pyrrole nitrogens is 2. The van der Waals surface area contributed by atoms with Crippen LogP contribution >= 0.6 is 11.6 Å². The number of nitrogens with one attached hydrogen (secondary N) is 3. The number of methoxy groups -OCH3 is 1. The van der Waals surface area contributed by atoms with Gasteiger partial charge >= 0.3 is 6.01 Å². The van der Waals surface area contributed by atoms with Gasteiger partial charge in [-0.25, -0.2) is 0 Å². The maximum atomic E-state index is 6.70. The number of hydrogen-bond donors (Lipinski definition) is 3. The van der Waals surface area contributed by atoms with E-state index in [2.05, 4.69) is 35.3 Å². The van der Waals surface area contributed by atoms with Crippen LogP contribution in [0.5, 0.6) is 11.8 Å². The molecule has 194 valence electrons. The molecule has 0 spiro atoms. The number of ether oxygens (including phenoxy) is 2. The molecule has 1 saturated carbocycles. The van der Waals surface area contributed by atoms with Crippen LogP contribution in [0.2, 0.25) is 5.02 Å². The van der Waals surface area contributed by atoms with Crippen molar-refractivity contribution in [1.29, 1.82) is 0 Å². The number of halogens is 1. The van der Waals surface area contributed by atoms with E-state index in [-0.39, 0.29) is 6.01 Å². The second-order valence-corrected chi connectivity index (χ2v) is 10.1. The van der Waals surface area contributed by atoms with Crippen molar-refractivity contribution in [3.05, 3.63) is 46.7 Å². The zero-order chi connectivity index (χ0) is 25.4. The van der Waals surface area contributed by atoms with Crippen molar-refractivity contribution < 1.29 is 9.47 Å². The Balaban J connectivity index is 1.27. The van der Waals surface area contributed by atoms with Gasteiger partial charge in [-0.3, -0.25) is 10.00 Å². The van der Waals surface area contributed by atoms with Crippen LogP contribution in [0.25, 0.3) is 10.9 Å². The van der Waals surface area contributed by atoms with E-state index in [9.17, 15) is 0 Å². The molecular formula is C26H31ClN8O2. The molecule has 0 amide bonds. The number of aromatic nitrogens is 5. The molecule has 2 fully saturated rings. The second-order valence-electron chi connectivity index (χ2n) is 9.72. The summed E-state index contributed by atoms with van der Waals surface area (Å²) in [6.45, 7) is 7.24. The van der Waals surface area contributed by atoms with E-state index in [1.54, 1.807) is 7.11 Å². The van der Waals surface area contributed by atoms with Crippen LogP contribution < -0.4 is 15.0 Å². The maximum Gasteiger partial charge on any atom is 0.325 e. The number of nitrogens with zero attached hydrogens (tertiary/aromatic N) is 5. The fourth-order valence-corrected chi connectivity index (χ4v) is 4.96. The van der Waals surface area contributed by atoms with E-state index < -0.39 is 0 Å². The molecule has 0 bridgehead atoms. The van der Waals surface area contributed by atoms with E-state index in [1.807, 2.05) is 37.3 Å². The van der Waals surface area contributed by atoms with Crippen molar-refractivity contribution in [3.63, 3.8) is 0 Å². The van der Waals surface area contributed by atoms with E-state index in [1.165, 1.54) is 12.8 Å². The van der Waals surface area contributed by atoms with Gasteiger partial charge in [-0.1, -0.05) is 11.6 Å². The lowest BCUT2D eigenvalue weighted by Crippen LogP contribution is -2.47. The number of benzene rings is 1. The molecule has 1 aliphatic heterocycles. The Morgan fingerprint density at radius 1 is 1.08 bits per heavy atom. The Morgan fingerprint density at radius 3 is 2.70 bits per heavy atom. The SMILES string of the molecule is COCCN1CCN(c2cc(Nc3cc(C4CC4)[nH]n3)nc(Oc3ccc4[nH]c(C)cc4c3Cl)n2)CC1. The number of anilines is 3. The van der Waals surface area contributed by atoms with Crippen LogP contribution in [0.4, 0.5) is 17.5 Å². The van der Waals surface area contributed by atoms with Crippen molar-refractivity contribution in [1.82, 2.24) is 30.0 Å². The molecule has 11 heteroatoms. The van der Waals surface area contributed by atoms with Crippen LogP contribution in [0.3, 0.4) is 0 Å². The first-order valence-corrected chi connectivity index (χ1v) is 13.1. The molecule has 0 radical (unpaired) electrons. The summed E-state index contributed by atoms with van der Waals surface area (Å²) in [6.07, 6.45) is 2.42. The van der Waals surface area contributed by atoms with Crippen molar-refractivity contribution in [3.8, 4) is 11.8 Å². The van der Waals surface area contributed by atoms with Gasteiger partial charge in [0.2, 0.25) is 0 Å². The van der Waals surface area contributed by atoms with Gasteiger partial charge in [-0.05, 0) is 38.0 Å². The third-order valence-corrected chi connectivity index (χ3v) is 7.30. The van der Waals surface area contributed by atoms with Crippen LogP contribution in [0, 0.1) is 6.92 Å². The summed E-state index contributed by atoms with van der Waals surface area (Å²) in [5.41, 5.74) is 3.15. The Kier molecular flexibility index (Phi) is 6.62. The Bertz CT molecular complexity index is 1390. The molecule has 37 heavy (non-hydrogen) atoms. The smallest absolute Gasteiger partial charge is 0.325 e. The van der Waals surface area contributed by atoms with E-state index in [0.717, 1.165) is 73.3 Å². The minimum atomic E-state index is 0.230. The average molecular weight is 523 g/mol. The molecule has 0 unspecified atom stereocenters. The van der Waals surface area contributed by atoms with Gasteiger partial charge in [-0.2, -0.15) is 15.1 Å². The molecule has 1 aromatic carbocycles. The topological polar surface area (TPSA) is 107 Å². The molecule has 3 N–H and O–H groups in total. The summed E-state index contributed by atoms with van der Waals surface area (Å²) in [5, 5.41) is 12.3. The number of rotatable bonds is 9. The number of aromatic amines is 2. The molecule has 1 saturated heterocycles. The first-order chi connectivity index (χ1) is 18.1. The molecule has 1 aliphatic carbocycles. The Hall–Kier alpha value is -3.34. The zero-order valence-corrected chi connectivity index (χ0v) is 21.8. The normalized spacial score (nSPS) is 16.5. The van der Waals surface area contributed by atoms with Crippen molar-refractivity contribution >= 4 is 40.0 Å². The minimum Gasteiger partial charge on any atom is -0.423 e. The average Bonchev–Trinajstić information content (AvgIpc) is 3.53. The van der Waals surface area contributed by atoms with Crippen LogP contribution in [0.1, 0.15) is 30.1 Å². The third-order valence-electron chi connectivity index (χ3n) is 6.91. The monoisotopic (exact) mass is 522 g/mol. The first-order valence-electron chi connectivity index (χ1n) is 12.7. The van der Waals surface area contributed by atoms with Gasteiger partial charge in [0.15, 0.2) is 5.82 Å². The fourth-order valence-electron chi connectivity index (χ4n) is 4.71. The predicted octanol–water partition coefficient (Wildman–Crippen LogP) is 4.82. The fraction of sp³-hybridized carbons (Fsp3) is 0.423. The number of hydrogen-bond acceptors (Lipinski definition) is 8. The maximum absolute atomic E-state index is 6.70. The largest absolute Gasteiger partial charge is 0.423 e. The number of aryl methyl sites for hydroxylation is 1. The Labute approximate surface area is 220 Å². The van der Waals surface area contributed by atoms with Crippen LogP contribution in [-0.2, 0) is 4.74 Å². The van der Waals surface area contributed by atoms with Gasteiger partial charge < -0.3 is 24.7 Å². The Morgan fingerprint density at radius 2 is 1.92 bits per heavy atom. The standard InChI is InChI=1S/C26H31ClN8O2/c1-16-13-18-19(28-16)5-6-21(25(18)27)37-26-30-22(29-23-14-20(32-33-23)17-3-4-17)15-24(31-26)35-9-7-34(8-10-35)11-12-36-2/h5-6,13-15,17,28H,3-4,7-12H2,1-2H3,(H2,29,30,31,32,33). The summed E-state index contributed by atoms with van der Waals surface area (Å²) in [7, 11) is 1.74. The van der Waals surface area contributed by atoms with E-state index >= 15 is 0 Å². The van der Waals surface area contributed by atoms with Crippen molar-refractivity contribution in [2.45, 2.75) is 25.7 Å². The van der Waals surface area contributed by atoms with Gasteiger partial charge in [0.1, 0.15) is 17.4 Å². The lowest BCUT2D eigenvalue weighted by molar-refractivity contribution is 0.144. The summed E-state index contributed by atoms with van der Waals surface area (Å²) >= 11 is 6.70. The summed E-state index contributed by atoms with van der Waals surface area (Å²) in [6, 6.07) is 10.0. The van der Waals surface area contributed by atoms with Crippen LogP contribution in [0.15, 0.2) is 30.3 Å². The van der Waals surface area contributed by atoms with Crippen molar-refractivity contribution in [2.75, 3.05) is 56.7 Å². The quantitative estimate of drug-likeness (QED) is 0.287. The molecule has 6 rings (SSSR count). The zero-order valence-electron chi connectivity index (χ0n) is 21.1. The minimum absolute atomic E-state index is 0.230. The summed E-state index contributed by atoms with van der Waals surface area (Å²) in [4.78, 5) is 17.4. The number of piperazine rings is 1.